The molecule has 0 bridgehead atoms. The Morgan fingerprint density at radius 3 is 2.79 bits per heavy atom. The molecule has 0 atom stereocenters. The summed E-state index contributed by atoms with van der Waals surface area (Å²) < 4.78 is 13.9. The number of amides is 1. The molecule has 1 amide bonds. The summed E-state index contributed by atoms with van der Waals surface area (Å²) in [5, 5.41) is 2.44. The monoisotopic (exact) mass is 263 g/mol. The SMILES string of the molecule is O=C(Cn1ccc(=O)[nH]c1=O)Nc1cccc(F)c1. The van der Waals surface area contributed by atoms with Crippen molar-refractivity contribution in [1.82, 2.24) is 9.55 Å². The number of rotatable bonds is 3. The lowest BCUT2D eigenvalue weighted by molar-refractivity contribution is -0.116. The molecule has 0 saturated heterocycles. The van der Waals surface area contributed by atoms with Gasteiger partial charge in [-0.15, -0.1) is 0 Å². The van der Waals surface area contributed by atoms with Crippen LogP contribution in [0.25, 0.3) is 0 Å². The van der Waals surface area contributed by atoms with E-state index < -0.39 is 23.0 Å². The third-order valence-electron chi connectivity index (χ3n) is 2.32. The highest BCUT2D eigenvalue weighted by atomic mass is 19.1. The molecule has 1 aromatic heterocycles. The minimum Gasteiger partial charge on any atom is -0.324 e. The molecule has 6 nitrogen and oxygen atoms in total. The number of hydrogen-bond donors (Lipinski definition) is 2. The molecule has 0 radical (unpaired) electrons. The summed E-state index contributed by atoms with van der Waals surface area (Å²) in [6.45, 7) is -0.272. The first kappa shape index (κ1) is 12.7. The van der Waals surface area contributed by atoms with E-state index in [-0.39, 0.29) is 6.54 Å². The second kappa shape index (κ2) is 5.30. The first-order chi connectivity index (χ1) is 9.04. The van der Waals surface area contributed by atoms with E-state index in [0.717, 1.165) is 16.7 Å². The number of nitrogens with one attached hydrogen (secondary N) is 2. The van der Waals surface area contributed by atoms with Crippen molar-refractivity contribution in [3.05, 3.63) is 63.2 Å². The zero-order valence-corrected chi connectivity index (χ0v) is 9.72. The van der Waals surface area contributed by atoms with Gasteiger partial charge < -0.3 is 5.32 Å². The van der Waals surface area contributed by atoms with Crippen LogP contribution >= 0.6 is 0 Å². The molecule has 1 aromatic carbocycles. The molecule has 0 spiro atoms. The van der Waals surface area contributed by atoms with Crippen molar-refractivity contribution < 1.29 is 9.18 Å². The Hall–Kier alpha value is -2.70. The molecule has 1 heterocycles. The summed E-state index contributed by atoms with van der Waals surface area (Å²) in [7, 11) is 0. The summed E-state index contributed by atoms with van der Waals surface area (Å²) in [6, 6.07) is 6.53. The molecular weight excluding hydrogens is 253 g/mol. The highest BCUT2D eigenvalue weighted by Crippen LogP contribution is 2.08. The van der Waals surface area contributed by atoms with E-state index in [1.165, 1.54) is 24.4 Å². The zero-order chi connectivity index (χ0) is 13.8. The maximum absolute atomic E-state index is 12.9. The number of carbonyl (C=O) groups is 1. The molecule has 0 aliphatic heterocycles. The van der Waals surface area contributed by atoms with Crippen molar-refractivity contribution in [3.8, 4) is 0 Å². The van der Waals surface area contributed by atoms with Crippen LogP contribution in [0.3, 0.4) is 0 Å². The highest BCUT2D eigenvalue weighted by Gasteiger charge is 2.05. The minimum absolute atomic E-state index is 0.272. The second-order valence-corrected chi connectivity index (χ2v) is 3.80. The lowest BCUT2D eigenvalue weighted by Gasteiger charge is -2.06. The van der Waals surface area contributed by atoms with Crippen LogP contribution in [-0.4, -0.2) is 15.5 Å². The van der Waals surface area contributed by atoms with Crippen LogP contribution in [0.5, 0.6) is 0 Å². The lowest BCUT2D eigenvalue weighted by atomic mass is 10.3. The maximum Gasteiger partial charge on any atom is 0.328 e. The largest absolute Gasteiger partial charge is 0.328 e. The van der Waals surface area contributed by atoms with Crippen LogP contribution in [0.2, 0.25) is 0 Å². The van der Waals surface area contributed by atoms with Crippen LogP contribution in [0.1, 0.15) is 0 Å². The Morgan fingerprint density at radius 1 is 1.32 bits per heavy atom. The molecule has 2 aromatic rings. The number of benzene rings is 1. The number of aromatic amines is 1. The standard InChI is InChI=1S/C12H10FN3O3/c13-8-2-1-3-9(6-8)14-11(18)7-16-5-4-10(17)15-12(16)19/h1-6H,7H2,(H,14,18)(H,15,17,19). The predicted octanol–water partition coefficient (Wildman–Crippen LogP) is 0.314. The van der Waals surface area contributed by atoms with Gasteiger partial charge in [0.15, 0.2) is 0 Å². The summed E-state index contributed by atoms with van der Waals surface area (Å²) in [5.74, 6) is -0.973. The summed E-state index contributed by atoms with van der Waals surface area (Å²) in [6.07, 6.45) is 1.21. The van der Waals surface area contributed by atoms with E-state index in [1.54, 1.807) is 0 Å². The predicted molar refractivity (Wildman–Crippen MR) is 66.4 cm³/mol. The van der Waals surface area contributed by atoms with Gasteiger partial charge in [0.2, 0.25) is 5.91 Å². The number of halogens is 1. The number of carbonyl (C=O) groups excluding carboxylic acids is 1. The van der Waals surface area contributed by atoms with Crippen LogP contribution in [0, 0.1) is 5.82 Å². The fraction of sp³-hybridized carbons (Fsp3) is 0.0833. The quantitative estimate of drug-likeness (QED) is 0.836. The third-order valence-corrected chi connectivity index (χ3v) is 2.32. The number of aromatic nitrogens is 2. The Labute approximate surface area is 106 Å². The van der Waals surface area contributed by atoms with E-state index in [1.807, 2.05) is 4.98 Å². The van der Waals surface area contributed by atoms with Gasteiger partial charge in [-0.1, -0.05) is 6.07 Å². The Kier molecular flexibility index (Phi) is 3.56. The van der Waals surface area contributed by atoms with Gasteiger partial charge in [-0.3, -0.25) is 19.1 Å². The van der Waals surface area contributed by atoms with Gasteiger partial charge in [-0.25, -0.2) is 9.18 Å². The molecule has 2 rings (SSSR count). The summed E-state index contributed by atoms with van der Waals surface area (Å²) >= 11 is 0. The van der Waals surface area contributed by atoms with Gasteiger partial charge in [0.1, 0.15) is 12.4 Å². The van der Waals surface area contributed by atoms with Crippen LogP contribution < -0.4 is 16.6 Å². The van der Waals surface area contributed by atoms with E-state index in [4.69, 9.17) is 0 Å². The van der Waals surface area contributed by atoms with Gasteiger partial charge in [0.05, 0.1) is 0 Å². The highest BCUT2D eigenvalue weighted by molar-refractivity contribution is 5.90. The minimum atomic E-state index is -0.679. The van der Waals surface area contributed by atoms with E-state index in [2.05, 4.69) is 5.32 Å². The smallest absolute Gasteiger partial charge is 0.324 e. The van der Waals surface area contributed by atoms with Gasteiger partial charge in [-0.05, 0) is 18.2 Å². The van der Waals surface area contributed by atoms with Crippen LogP contribution in [-0.2, 0) is 11.3 Å². The number of hydrogen-bond acceptors (Lipinski definition) is 3. The average Bonchev–Trinajstić information content (AvgIpc) is 2.33. The van der Waals surface area contributed by atoms with Crippen LogP contribution in [0.4, 0.5) is 10.1 Å². The van der Waals surface area contributed by atoms with Crippen molar-refractivity contribution >= 4 is 11.6 Å². The van der Waals surface area contributed by atoms with Crippen molar-refractivity contribution in [2.24, 2.45) is 0 Å². The Morgan fingerprint density at radius 2 is 2.11 bits per heavy atom. The molecule has 0 aliphatic carbocycles. The van der Waals surface area contributed by atoms with Crippen molar-refractivity contribution in [2.45, 2.75) is 6.54 Å². The average molecular weight is 263 g/mol. The fourth-order valence-corrected chi connectivity index (χ4v) is 1.49. The van der Waals surface area contributed by atoms with Crippen molar-refractivity contribution in [2.75, 3.05) is 5.32 Å². The van der Waals surface area contributed by atoms with Gasteiger partial charge in [0, 0.05) is 18.0 Å². The van der Waals surface area contributed by atoms with Gasteiger partial charge in [-0.2, -0.15) is 0 Å². The fourth-order valence-electron chi connectivity index (χ4n) is 1.49. The van der Waals surface area contributed by atoms with Gasteiger partial charge >= 0.3 is 5.69 Å². The van der Waals surface area contributed by atoms with E-state index in [9.17, 15) is 18.8 Å². The second-order valence-electron chi connectivity index (χ2n) is 3.80. The van der Waals surface area contributed by atoms with E-state index >= 15 is 0 Å². The first-order valence-corrected chi connectivity index (χ1v) is 5.40. The molecule has 2 N–H and O–H groups in total. The molecule has 0 fully saturated rings. The van der Waals surface area contributed by atoms with Crippen molar-refractivity contribution in [3.63, 3.8) is 0 Å². The molecule has 0 saturated carbocycles. The molecule has 98 valence electrons. The first-order valence-electron chi connectivity index (χ1n) is 5.40. The van der Waals surface area contributed by atoms with E-state index in [0.29, 0.717) is 5.69 Å². The summed E-state index contributed by atoms with van der Waals surface area (Å²) in [4.78, 5) is 35.9. The number of nitrogens with zero attached hydrogens (tertiary/aromatic N) is 1. The number of H-pyrrole nitrogens is 1. The topological polar surface area (TPSA) is 84.0 Å². The van der Waals surface area contributed by atoms with Gasteiger partial charge in [0.25, 0.3) is 5.56 Å². The molecule has 0 unspecified atom stereocenters. The summed E-state index contributed by atoms with van der Waals surface area (Å²) in [5.41, 5.74) is -0.920. The Balaban J connectivity index is 2.09. The molecule has 0 aliphatic rings. The normalized spacial score (nSPS) is 10.2. The lowest BCUT2D eigenvalue weighted by Crippen LogP contribution is -2.32. The maximum atomic E-state index is 12.9. The molecule has 7 heteroatoms. The Bertz CT molecular complexity index is 720. The molecule has 19 heavy (non-hydrogen) atoms. The van der Waals surface area contributed by atoms with Crippen LogP contribution in [0.15, 0.2) is 46.1 Å². The molecular formula is C12H10FN3O3. The number of anilines is 1. The zero-order valence-electron chi connectivity index (χ0n) is 9.72. The third kappa shape index (κ3) is 3.38. The van der Waals surface area contributed by atoms with Crippen molar-refractivity contribution in [1.29, 1.82) is 0 Å².